The molecule has 1 aliphatic carbocycles. The number of Topliss-reactive ketones (excluding diaryl/α,β-unsaturated/α-hetero) is 1. The van der Waals surface area contributed by atoms with Gasteiger partial charge in [-0.2, -0.15) is 0 Å². The number of aromatic nitrogens is 1. The number of hydrogen-bond acceptors (Lipinski definition) is 3. The molecule has 2 fully saturated rings. The number of nitrogens with one attached hydrogen (secondary N) is 1. The highest BCUT2D eigenvalue weighted by atomic mass is 16.2. The Morgan fingerprint density at radius 2 is 2.12 bits per heavy atom. The summed E-state index contributed by atoms with van der Waals surface area (Å²) < 4.78 is 2.00. The molecular weight excluding hydrogens is 330 g/mol. The standard InChI is InChI=1S/C20H27N3O3/c1-5-10-22-14(3)11-16(15(22)4)17(24)12-23-18(25)20(21-19(23)26)9-7-6-8-13(20)2/h5,11,13H,1,6-10,12H2,2-4H3,(H,21,26)/t13-,20-/m0/s1. The van der Waals surface area contributed by atoms with E-state index < -0.39 is 11.6 Å². The number of amides is 3. The quantitative estimate of drug-likeness (QED) is 0.500. The molecule has 26 heavy (non-hydrogen) atoms. The molecular formula is C20H27N3O3. The maximum Gasteiger partial charge on any atom is 0.325 e. The molecule has 6 nitrogen and oxygen atoms in total. The number of allylic oxidation sites excluding steroid dienone is 1. The van der Waals surface area contributed by atoms with Crippen molar-refractivity contribution in [2.75, 3.05) is 6.54 Å². The molecule has 1 saturated carbocycles. The molecule has 2 heterocycles. The molecule has 0 unspecified atom stereocenters. The molecule has 1 aromatic rings. The Labute approximate surface area is 154 Å². The second-order valence-electron chi connectivity index (χ2n) is 7.55. The van der Waals surface area contributed by atoms with E-state index in [2.05, 4.69) is 11.9 Å². The fourth-order valence-electron chi connectivity index (χ4n) is 4.36. The normalized spacial score (nSPS) is 25.7. The van der Waals surface area contributed by atoms with Crippen molar-refractivity contribution >= 4 is 17.7 Å². The first-order valence-electron chi connectivity index (χ1n) is 9.26. The maximum atomic E-state index is 13.0. The Morgan fingerprint density at radius 1 is 1.38 bits per heavy atom. The average molecular weight is 357 g/mol. The Hall–Kier alpha value is -2.37. The third-order valence-corrected chi connectivity index (χ3v) is 5.99. The van der Waals surface area contributed by atoms with Crippen molar-refractivity contribution in [3.63, 3.8) is 0 Å². The van der Waals surface area contributed by atoms with Crippen LogP contribution >= 0.6 is 0 Å². The third kappa shape index (κ3) is 2.77. The van der Waals surface area contributed by atoms with Gasteiger partial charge in [0.1, 0.15) is 5.54 Å². The highest BCUT2D eigenvalue weighted by molar-refractivity contribution is 6.11. The molecule has 140 valence electrons. The zero-order valence-electron chi connectivity index (χ0n) is 15.8. The van der Waals surface area contributed by atoms with Gasteiger partial charge >= 0.3 is 6.03 Å². The van der Waals surface area contributed by atoms with E-state index in [0.29, 0.717) is 18.5 Å². The van der Waals surface area contributed by atoms with Crippen LogP contribution < -0.4 is 5.32 Å². The lowest BCUT2D eigenvalue weighted by Gasteiger charge is -2.36. The monoisotopic (exact) mass is 357 g/mol. The van der Waals surface area contributed by atoms with Crippen LogP contribution in [0.1, 0.15) is 54.4 Å². The summed E-state index contributed by atoms with van der Waals surface area (Å²) in [6, 6.07) is 1.37. The first-order valence-corrected chi connectivity index (χ1v) is 9.26. The molecule has 2 aliphatic rings. The number of hydrogen-bond donors (Lipinski definition) is 1. The number of carbonyl (C=O) groups is 3. The largest absolute Gasteiger partial charge is 0.345 e. The predicted octanol–water partition coefficient (Wildman–Crippen LogP) is 2.97. The molecule has 0 radical (unpaired) electrons. The van der Waals surface area contributed by atoms with Crippen molar-refractivity contribution in [3.05, 3.63) is 35.7 Å². The summed E-state index contributed by atoms with van der Waals surface area (Å²) in [6.45, 7) is 9.96. The van der Waals surface area contributed by atoms with Crippen LogP contribution in [0, 0.1) is 19.8 Å². The van der Waals surface area contributed by atoms with Crippen LogP contribution in [0.3, 0.4) is 0 Å². The van der Waals surface area contributed by atoms with Gasteiger partial charge in [-0.25, -0.2) is 4.79 Å². The van der Waals surface area contributed by atoms with Gasteiger partial charge in [-0.3, -0.25) is 14.5 Å². The smallest absolute Gasteiger partial charge is 0.325 e. The third-order valence-electron chi connectivity index (χ3n) is 5.99. The SMILES string of the molecule is C=CCn1c(C)cc(C(=O)CN2C(=O)N[C@]3(CCCC[C@@H]3C)C2=O)c1C. The Kier molecular flexibility index (Phi) is 4.78. The number of ketones is 1. The second kappa shape index (κ2) is 6.74. The van der Waals surface area contributed by atoms with Gasteiger partial charge in [-0.1, -0.05) is 25.8 Å². The van der Waals surface area contributed by atoms with Gasteiger partial charge in [0.2, 0.25) is 0 Å². The van der Waals surface area contributed by atoms with E-state index in [1.807, 2.05) is 31.4 Å². The van der Waals surface area contributed by atoms with Gasteiger partial charge in [0.25, 0.3) is 5.91 Å². The minimum atomic E-state index is -0.824. The van der Waals surface area contributed by atoms with Gasteiger partial charge < -0.3 is 9.88 Å². The Bertz CT molecular complexity index is 780. The Morgan fingerprint density at radius 3 is 2.77 bits per heavy atom. The van der Waals surface area contributed by atoms with E-state index >= 15 is 0 Å². The number of carbonyl (C=O) groups excluding carboxylic acids is 3. The first kappa shape index (κ1) is 18.4. The second-order valence-corrected chi connectivity index (χ2v) is 7.55. The van der Waals surface area contributed by atoms with Crippen molar-refractivity contribution < 1.29 is 14.4 Å². The zero-order valence-corrected chi connectivity index (χ0v) is 15.8. The van der Waals surface area contributed by atoms with Crippen molar-refractivity contribution in [2.24, 2.45) is 5.92 Å². The van der Waals surface area contributed by atoms with Crippen LogP contribution in [0.2, 0.25) is 0 Å². The number of rotatable bonds is 5. The van der Waals surface area contributed by atoms with Crippen molar-refractivity contribution in [3.8, 4) is 0 Å². The highest BCUT2D eigenvalue weighted by Gasteiger charge is 2.55. The molecule has 3 amide bonds. The van der Waals surface area contributed by atoms with Crippen LogP contribution in [-0.2, 0) is 11.3 Å². The van der Waals surface area contributed by atoms with Gasteiger partial charge in [0.05, 0.1) is 6.54 Å². The lowest BCUT2D eigenvalue weighted by atomic mass is 9.73. The summed E-state index contributed by atoms with van der Waals surface area (Å²) in [6.07, 6.45) is 5.33. The van der Waals surface area contributed by atoms with E-state index in [-0.39, 0.29) is 24.2 Å². The average Bonchev–Trinajstić information content (AvgIpc) is 3.01. The fraction of sp³-hybridized carbons (Fsp3) is 0.550. The van der Waals surface area contributed by atoms with E-state index in [1.165, 1.54) is 0 Å². The van der Waals surface area contributed by atoms with Crippen molar-refractivity contribution in [1.29, 1.82) is 0 Å². The van der Waals surface area contributed by atoms with E-state index in [1.54, 1.807) is 6.08 Å². The van der Waals surface area contributed by atoms with E-state index in [4.69, 9.17) is 0 Å². The molecule has 1 N–H and O–H groups in total. The molecule has 6 heteroatoms. The van der Waals surface area contributed by atoms with Gasteiger partial charge in [0.15, 0.2) is 5.78 Å². The minimum absolute atomic E-state index is 0.0884. The summed E-state index contributed by atoms with van der Waals surface area (Å²) in [7, 11) is 0. The minimum Gasteiger partial charge on any atom is -0.345 e. The number of imide groups is 1. The number of aryl methyl sites for hydroxylation is 1. The van der Waals surface area contributed by atoms with Gasteiger partial charge in [-0.05, 0) is 38.7 Å². The van der Waals surface area contributed by atoms with Crippen LogP contribution in [0.25, 0.3) is 0 Å². The van der Waals surface area contributed by atoms with Gasteiger partial charge in [0, 0.05) is 23.5 Å². The maximum absolute atomic E-state index is 13.0. The Balaban J connectivity index is 1.82. The topological polar surface area (TPSA) is 71.4 Å². The molecule has 1 saturated heterocycles. The molecule has 0 aromatic carbocycles. The summed E-state index contributed by atoms with van der Waals surface area (Å²) in [5.41, 5.74) is 1.53. The van der Waals surface area contributed by atoms with Crippen LogP contribution in [-0.4, -0.2) is 39.3 Å². The fourth-order valence-corrected chi connectivity index (χ4v) is 4.36. The first-order chi connectivity index (χ1) is 12.3. The highest BCUT2D eigenvalue weighted by Crippen LogP contribution is 2.38. The number of nitrogens with zero attached hydrogens (tertiary/aromatic N) is 2. The lowest BCUT2D eigenvalue weighted by molar-refractivity contribution is -0.133. The van der Waals surface area contributed by atoms with Crippen LogP contribution in [0.4, 0.5) is 4.79 Å². The molecule has 1 spiro atoms. The van der Waals surface area contributed by atoms with Crippen LogP contribution in [0.15, 0.2) is 18.7 Å². The molecule has 2 atom stereocenters. The summed E-state index contributed by atoms with van der Waals surface area (Å²) in [5, 5.41) is 2.89. The van der Waals surface area contributed by atoms with Crippen molar-refractivity contribution in [2.45, 2.75) is 58.5 Å². The number of urea groups is 1. The van der Waals surface area contributed by atoms with Crippen LogP contribution in [0.5, 0.6) is 0 Å². The van der Waals surface area contributed by atoms with E-state index in [9.17, 15) is 14.4 Å². The molecule has 0 bridgehead atoms. The lowest BCUT2D eigenvalue weighted by Crippen LogP contribution is -2.54. The van der Waals surface area contributed by atoms with E-state index in [0.717, 1.165) is 35.6 Å². The molecule has 3 rings (SSSR count). The molecule has 1 aromatic heterocycles. The molecule has 1 aliphatic heterocycles. The summed E-state index contributed by atoms with van der Waals surface area (Å²) in [5.74, 6) is -0.370. The van der Waals surface area contributed by atoms with Gasteiger partial charge in [-0.15, -0.1) is 6.58 Å². The summed E-state index contributed by atoms with van der Waals surface area (Å²) in [4.78, 5) is 39.4. The summed E-state index contributed by atoms with van der Waals surface area (Å²) >= 11 is 0. The predicted molar refractivity (Wildman–Crippen MR) is 99.0 cm³/mol. The van der Waals surface area contributed by atoms with Crippen molar-refractivity contribution in [1.82, 2.24) is 14.8 Å². The zero-order chi connectivity index (χ0) is 19.1.